The van der Waals surface area contributed by atoms with E-state index >= 15 is 0 Å². The molecule has 2 nitrogen and oxygen atoms in total. The lowest BCUT2D eigenvalue weighted by molar-refractivity contribution is 0.602. The lowest BCUT2D eigenvalue weighted by atomic mass is 10.2. The topological polar surface area (TPSA) is 29.3 Å². The van der Waals surface area contributed by atoms with Crippen molar-refractivity contribution in [1.82, 2.24) is 0 Å². The average molecular weight is 220 g/mol. The fourth-order valence-electron chi connectivity index (χ4n) is 1.73. The molecule has 1 aromatic rings. The van der Waals surface area contributed by atoms with Crippen LogP contribution in [0.1, 0.15) is 33.1 Å². The number of unbranched alkanes of at least 4 members (excludes halogenated alkanes) is 1. The zero-order valence-corrected chi connectivity index (χ0v) is 10.5. The highest BCUT2D eigenvalue weighted by Crippen LogP contribution is 2.14. The molecule has 0 aromatic heterocycles. The molecule has 0 radical (unpaired) electrons. The van der Waals surface area contributed by atoms with E-state index in [4.69, 9.17) is 5.73 Å². The first-order valence-corrected chi connectivity index (χ1v) is 6.33. The predicted octanol–water partition coefficient (Wildman–Crippen LogP) is 3.03. The van der Waals surface area contributed by atoms with E-state index in [9.17, 15) is 0 Å². The van der Waals surface area contributed by atoms with Gasteiger partial charge in [-0.3, -0.25) is 0 Å². The highest BCUT2D eigenvalue weighted by Gasteiger charge is 2.09. The summed E-state index contributed by atoms with van der Waals surface area (Å²) in [5.41, 5.74) is 7.33. The van der Waals surface area contributed by atoms with Crippen molar-refractivity contribution in [1.29, 1.82) is 0 Å². The molecule has 0 amide bonds. The molecule has 2 heteroatoms. The summed E-state index contributed by atoms with van der Waals surface area (Å²) in [5, 5.41) is 0. The Labute approximate surface area is 99.5 Å². The number of hydrogen-bond donors (Lipinski definition) is 1. The van der Waals surface area contributed by atoms with Gasteiger partial charge in [0.2, 0.25) is 0 Å². The second-order valence-electron chi connectivity index (χ2n) is 4.30. The van der Waals surface area contributed by atoms with Crippen molar-refractivity contribution < 1.29 is 0 Å². The minimum absolute atomic E-state index is 0.275. The monoisotopic (exact) mass is 220 g/mol. The second-order valence-corrected chi connectivity index (χ2v) is 4.30. The zero-order chi connectivity index (χ0) is 11.8. The molecule has 16 heavy (non-hydrogen) atoms. The van der Waals surface area contributed by atoms with E-state index in [1.807, 2.05) is 0 Å². The number of nitrogens with two attached hydrogens (primary N) is 1. The Morgan fingerprint density at radius 2 is 1.88 bits per heavy atom. The van der Waals surface area contributed by atoms with Gasteiger partial charge in [0, 0.05) is 24.8 Å². The van der Waals surface area contributed by atoms with E-state index in [2.05, 4.69) is 49.1 Å². The predicted molar refractivity (Wildman–Crippen MR) is 71.8 cm³/mol. The summed E-state index contributed by atoms with van der Waals surface area (Å²) in [6, 6.07) is 10.8. The molecular formula is C14H24N2. The lowest BCUT2D eigenvalue weighted by Gasteiger charge is -2.27. The molecule has 0 aliphatic carbocycles. The average Bonchev–Trinajstić information content (AvgIpc) is 2.35. The van der Waals surface area contributed by atoms with Crippen molar-refractivity contribution in [3.63, 3.8) is 0 Å². The lowest BCUT2D eigenvalue weighted by Crippen LogP contribution is -2.37. The van der Waals surface area contributed by atoms with E-state index < -0.39 is 0 Å². The van der Waals surface area contributed by atoms with E-state index in [0.717, 1.165) is 19.5 Å². The van der Waals surface area contributed by atoms with Crippen LogP contribution in [0.2, 0.25) is 0 Å². The van der Waals surface area contributed by atoms with Crippen LogP contribution in [0.25, 0.3) is 0 Å². The van der Waals surface area contributed by atoms with Gasteiger partial charge in [-0.05, 0) is 25.0 Å². The van der Waals surface area contributed by atoms with Gasteiger partial charge in [-0.2, -0.15) is 0 Å². The van der Waals surface area contributed by atoms with Gasteiger partial charge >= 0.3 is 0 Å². The fourth-order valence-corrected chi connectivity index (χ4v) is 1.73. The molecule has 0 spiro atoms. The molecule has 2 N–H and O–H groups in total. The maximum absolute atomic E-state index is 6.04. The molecule has 1 unspecified atom stereocenters. The Morgan fingerprint density at radius 3 is 2.44 bits per heavy atom. The van der Waals surface area contributed by atoms with Gasteiger partial charge in [0.25, 0.3) is 0 Å². The summed E-state index contributed by atoms with van der Waals surface area (Å²) in [4.78, 5) is 2.40. The Morgan fingerprint density at radius 1 is 1.19 bits per heavy atom. The van der Waals surface area contributed by atoms with Gasteiger partial charge in [-0.25, -0.2) is 0 Å². The van der Waals surface area contributed by atoms with Crippen LogP contribution in [0.4, 0.5) is 5.69 Å². The molecule has 90 valence electrons. The van der Waals surface area contributed by atoms with E-state index in [1.165, 1.54) is 18.5 Å². The summed E-state index contributed by atoms with van der Waals surface area (Å²) >= 11 is 0. The molecule has 0 aliphatic heterocycles. The summed E-state index contributed by atoms with van der Waals surface area (Å²) in [5.74, 6) is 0. The zero-order valence-electron chi connectivity index (χ0n) is 10.5. The van der Waals surface area contributed by atoms with Gasteiger partial charge in [0.05, 0.1) is 0 Å². The van der Waals surface area contributed by atoms with Crippen LogP contribution in [-0.2, 0) is 0 Å². The first kappa shape index (κ1) is 13.0. The van der Waals surface area contributed by atoms with Crippen molar-refractivity contribution in [3.8, 4) is 0 Å². The molecule has 0 heterocycles. The Hall–Kier alpha value is -1.02. The molecule has 0 saturated carbocycles. The van der Waals surface area contributed by atoms with E-state index in [-0.39, 0.29) is 6.04 Å². The third kappa shape index (κ3) is 4.23. The van der Waals surface area contributed by atoms with E-state index in [1.54, 1.807) is 0 Å². The van der Waals surface area contributed by atoms with Gasteiger partial charge in [-0.15, -0.1) is 0 Å². The largest absolute Gasteiger partial charge is 0.370 e. The normalized spacial score (nSPS) is 12.4. The van der Waals surface area contributed by atoms with Crippen LogP contribution in [0.3, 0.4) is 0 Å². The SMILES string of the molecule is CCCCN(CC(N)CC)c1ccccc1. The molecule has 1 atom stereocenters. The van der Waals surface area contributed by atoms with Gasteiger partial charge in [0.15, 0.2) is 0 Å². The van der Waals surface area contributed by atoms with Gasteiger partial charge in [0.1, 0.15) is 0 Å². The first-order chi connectivity index (χ1) is 7.77. The minimum Gasteiger partial charge on any atom is -0.370 e. The molecule has 0 bridgehead atoms. The van der Waals surface area contributed by atoms with Gasteiger partial charge in [-0.1, -0.05) is 38.5 Å². The van der Waals surface area contributed by atoms with Crippen LogP contribution < -0.4 is 10.6 Å². The van der Waals surface area contributed by atoms with E-state index in [0.29, 0.717) is 0 Å². The third-order valence-corrected chi connectivity index (χ3v) is 2.88. The highest BCUT2D eigenvalue weighted by molar-refractivity contribution is 5.46. The van der Waals surface area contributed by atoms with Crippen LogP contribution in [-0.4, -0.2) is 19.1 Å². The van der Waals surface area contributed by atoms with Gasteiger partial charge < -0.3 is 10.6 Å². The smallest absolute Gasteiger partial charge is 0.0366 e. The van der Waals surface area contributed by atoms with Crippen LogP contribution in [0, 0.1) is 0 Å². The summed E-state index contributed by atoms with van der Waals surface area (Å²) < 4.78 is 0. The molecule has 0 fully saturated rings. The van der Waals surface area contributed by atoms with Crippen molar-refractivity contribution in [2.45, 2.75) is 39.2 Å². The number of benzene rings is 1. The van der Waals surface area contributed by atoms with Crippen molar-refractivity contribution in [2.24, 2.45) is 5.73 Å². The second kappa shape index (κ2) is 7.29. The number of nitrogens with zero attached hydrogens (tertiary/aromatic N) is 1. The molecular weight excluding hydrogens is 196 g/mol. The summed E-state index contributed by atoms with van der Waals surface area (Å²) in [7, 11) is 0. The summed E-state index contributed by atoms with van der Waals surface area (Å²) in [6.07, 6.45) is 3.49. The number of para-hydroxylation sites is 1. The summed E-state index contributed by atoms with van der Waals surface area (Å²) in [6.45, 7) is 6.44. The van der Waals surface area contributed by atoms with Crippen LogP contribution in [0.5, 0.6) is 0 Å². The molecule has 1 aromatic carbocycles. The Kier molecular flexibility index (Phi) is 5.94. The number of hydrogen-bond acceptors (Lipinski definition) is 2. The van der Waals surface area contributed by atoms with Crippen molar-refractivity contribution in [2.75, 3.05) is 18.0 Å². The van der Waals surface area contributed by atoms with Crippen LogP contribution >= 0.6 is 0 Å². The molecule has 1 rings (SSSR count). The van der Waals surface area contributed by atoms with Crippen molar-refractivity contribution >= 4 is 5.69 Å². The quantitative estimate of drug-likeness (QED) is 0.765. The number of anilines is 1. The number of rotatable bonds is 7. The maximum atomic E-state index is 6.04. The fraction of sp³-hybridized carbons (Fsp3) is 0.571. The van der Waals surface area contributed by atoms with Crippen molar-refractivity contribution in [3.05, 3.63) is 30.3 Å². The minimum atomic E-state index is 0.275. The standard InChI is InChI=1S/C14H24N2/c1-3-5-11-16(12-13(15)4-2)14-9-7-6-8-10-14/h6-10,13H,3-5,11-12,15H2,1-2H3. The molecule has 0 aliphatic rings. The Bertz CT molecular complexity index is 271. The highest BCUT2D eigenvalue weighted by atomic mass is 15.1. The Balaban J connectivity index is 2.63. The first-order valence-electron chi connectivity index (χ1n) is 6.33. The van der Waals surface area contributed by atoms with Crippen LogP contribution in [0.15, 0.2) is 30.3 Å². The maximum Gasteiger partial charge on any atom is 0.0366 e. The third-order valence-electron chi connectivity index (χ3n) is 2.88. The molecule has 0 saturated heterocycles.